The molecule has 0 heterocycles. The lowest BCUT2D eigenvalue weighted by Gasteiger charge is -2.30. The van der Waals surface area contributed by atoms with Gasteiger partial charge in [-0.15, -0.1) is 0 Å². The molecule has 2 saturated carbocycles. The third-order valence-corrected chi connectivity index (χ3v) is 4.43. The Morgan fingerprint density at radius 1 is 0.938 bits per heavy atom. The van der Waals surface area contributed by atoms with E-state index in [4.69, 9.17) is 4.74 Å². The van der Waals surface area contributed by atoms with Crippen molar-refractivity contribution < 1.29 is 4.74 Å². The molecule has 1 N–H and O–H groups in total. The summed E-state index contributed by atoms with van der Waals surface area (Å²) in [5, 5.41) is 3.78. The van der Waals surface area contributed by atoms with Crippen molar-refractivity contribution in [1.82, 2.24) is 5.32 Å². The lowest BCUT2D eigenvalue weighted by atomic mass is 9.88. The van der Waals surface area contributed by atoms with Crippen LogP contribution in [0.2, 0.25) is 0 Å². The summed E-state index contributed by atoms with van der Waals surface area (Å²) in [6.45, 7) is 1.27. The summed E-state index contributed by atoms with van der Waals surface area (Å²) in [6, 6.07) is 0.772. The number of hydrogen-bond acceptors (Lipinski definition) is 2. The van der Waals surface area contributed by atoms with Gasteiger partial charge in [0.2, 0.25) is 0 Å². The van der Waals surface area contributed by atoms with Crippen LogP contribution < -0.4 is 5.32 Å². The zero-order chi connectivity index (χ0) is 11.2. The minimum atomic E-state index is 0.535. The van der Waals surface area contributed by atoms with E-state index in [1.807, 2.05) is 7.11 Å². The summed E-state index contributed by atoms with van der Waals surface area (Å²) in [5.41, 5.74) is 0. The first-order chi connectivity index (χ1) is 7.88. The largest absolute Gasteiger partial charge is 0.381 e. The van der Waals surface area contributed by atoms with Crippen LogP contribution in [0.15, 0.2) is 0 Å². The molecule has 2 aliphatic carbocycles. The smallest absolute Gasteiger partial charge is 0.0572 e. The number of ether oxygens (including phenoxy) is 1. The Labute approximate surface area is 100 Å². The molecule has 0 amide bonds. The molecule has 2 aliphatic rings. The van der Waals surface area contributed by atoms with Crippen LogP contribution in [-0.4, -0.2) is 25.8 Å². The van der Waals surface area contributed by atoms with E-state index >= 15 is 0 Å². The highest BCUT2D eigenvalue weighted by molar-refractivity contribution is 4.79. The van der Waals surface area contributed by atoms with Crippen LogP contribution in [0.1, 0.15) is 57.8 Å². The molecule has 0 aromatic carbocycles. The van der Waals surface area contributed by atoms with E-state index in [-0.39, 0.29) is 0 Å². The zero-order valence-corrected chi connectivity index (χ0v) is 10.7. The highest BCUT2D eigenvalue weighted by Crippen LogP contribution is 2.24. The topological polar surface area (TPSA) is 21.3 Å². The first-order valence-electron chi connectivity index (χ1n) is 7.14. The fourth-order valence-corrected chi connectivity index (χ4v) is 3.23. The second-order valence-electron chi connectivity index (χ2n) is 5.62. The standard InChI is InChI=1S/C14H27NO/c1-16-14-9-7-13(8-10-14)15-11-12-5-3-2-4-6-12/h12-15H,2-11H2,1H3. The number of hydrogen-bond donors (Lipinski definition) is 1. The molecular weight excluding hydrogens is 198 g/mol. The van der Waals surface area contributed by atoms with E-state index in [0.29, 0.717) is 6.10 Å². The quantitative estimate of drug-likeness (QED) is 0.794. The Morgan fingerprint density at radius 2 is 1.62 bits per heavy atom. The van der Waals surface area contributed by atoms with Gasteiger partial charge in [-0.05, 0) is 51.0 Å². The Morgan fingerprint density at radius 3 is 2.25 bits per heavy atom. The summed E-state index contributed by atoms with van der Waals surface area (Å²) in [4.78, 5) is 0. The fourth-order valence-electron chi connectivity index (χ4n) is 3.23. The Balaban J connectivity index is 1.59. The predicted octanol–water partition coefficient (Wildman–Crippen LogP) is 3.11. The van der Waals surface area contributed by atoms with Crippen molar-refractivity contribution in [3.63, 3.8) is 0 Å². The highest BCUT2D eigenvalue weighted by Gasteiger charge is 2.21. The molecular formula is C14H27NO. The molecule has 0 bridgehead atoms. The molecule has 0 aromatic rings. The molecule has 94 valence electrons. The SMILES string of the molecule is COC1CCC(NCC2CCCCC2)CC1. The van der Waals surface area contributed by atoms with Crippen molar-refractivity contribution in [3.8, 4) is 0 Å². The molecule has 2 nitrogen and oxygen atoms in total. The van der Waals surface area contributed by atoms with Crippen LogP contribution in [0.3, 0.4) is 0 Å². The van der Waals surface area contributed by atoms with Gasteiger partial charge in [0, 0.05) is 13.2 Å². The van der Waals surface area contributed by atoms with Crippen LogP contribution >= 0.6 is 0 Å². The molecule has 0 aliphatic heterocycles. The van der Waals surface area contributed by atoms with Crippen LogP contribution in [0.4, 0.5) is 0 Å². The van der Waals surface area contributed by atoms with E-state index in [0.717, 1.165) is 12.0 Å². The Hall–Kier alpha value is -0.0800. The van der Waals surface area contributed by atoms with E-state index in [9.17, 15) is 0 Å². The molecule has 16 heavy (non-hydrogen) atoms. The van der Waals surface area contributed by atoms with Crippen molar-refractivity contribution in [3.05, 3.63) is 0 Å². The van der Waals surface area contributed by atoms with Gasteiger partial charge in [-0.1, -0.05) is 19.3 Å². The predicted molar refractivity (Wildman–Crippen MR) is 67.6 cm³/mol. The second-order valence-corrected chi connectivity index (χ2v) is 5.62. The van der Waals surface area contributed by atoms with Gasteiger partial charge >= 0.3 is 0 Å². The third-order valence-electron chi connectivity index (χ3n) is 4.43. The molecule has 0 atom stereocenters. The lowest BCUT2D eigenvalue weighted by Crippen LogP contribution is -2.38. The van der Waals surface area contributed by atoms with E-state index in [1.54, 1.807) is 0 Å². The van der Waals surface area contributed by atoms with Crippen molar-refractivity contribution in [2.24, 2.45) is 5.92 Å². The lowest BCUT2D eigenvalue weighted by molar-refractivity contribution is 0.0618. The van der Waals surface area contributed by atoms with Crippen LogP contribution in [0, 0.1) is 5.92 Å². The van der Waals surface area contributed by atoms with Crippen molar-refractivity contribution in [2.75, 3.05) is 13.7 Å². The van der Waals surface area contributed by atoms with Gasteiger partial charge in [-0.2, -0.15) is 0 Å². The van der Waals surface area contributed by atoms with E-state index in [1.165, 1.54) is 64.3 Å². The Kier molecular flexibility index (Phi) is 5.11. The van der Waals surface area contributed by atoms with Gasteiger partial charge in [0.1, 0.15) is 0 Å². The molecule has 0 aromatic heterocycles. The maximum Gasteiger partial charge on any atom is 0.0572 e. The summed E-state index contributed by atoms with van der Waals surface area (Å²) in [7, 11) is 1.85. The molecule has 2 heteroatoms. The van der Waals surface area contributed by atoms with Crippen LogP contribution in [-0.2, 0) is 4.74 Å². The average Bonchev–Trinajstić information content (AvgIpc) is 2.38. The average molecular weight is 225 g/mol. The first kappa shape index (κ1) is 12.4. The van der Waals surface area contributed by atoms with E-state index < -0.39 is 0 Å². The van der Waals surface area contributed by atoms with Crippen molar-refractivity contribution in [2.45, 2.75) is 69.9 Å². The van der Waals surface area contributed by atoms with Gasteiger partial charge in [0.15, 0.2) is 0 Å². The molecule has 2 fully saturated rings. The van der Waals surface area contributed by atoms with Crippen LogP contribution in [0.5, 0.6) is 0 Å². The zero-order valence-electron chi connectivity index (χ0n) is 10.7. The molecule has 0 saturated heterocycles. The molecule has 2 rings (SSSR count). The van der Waals surface area contributed by atoms with Gasteiger partial charge in [0.25, 0.3) is 0 Å². The van der Waals surface area contributed by atoms with Gasteiger partial charge in [-0.3, -0.25) is 0 Å². The normalized spacial score (nSPS) is 32.8. The second kappa shape index (κ2) is 6.61. The van der Waals surface area contributed by atoms with Crippen molar-refractivity contribution >= 4 is 0 Å². The molecule has 0 unspecified atom stereocenters. The summed E-state index contributed by atoms with van der Waals surface area (Å²) in [5.74, 6) is 0.967. The summed E-state index contributed by atoms with van der Waals surface area (Å²) in [6.07, 6.45) is 13.0. The molecule has 0 radical (unpaired) electrons. The summed E-state index contributed by atoms with van der Waals surface area (Å²) < 4.78 is 5.41. The van der Waals surface area contributed by atoms with Crippen LogP contribution in [0.25, 0.3) is 0 Å². The highest BCUT2D eigenvalue weighted by atomic mass is 16.5. The van der Waals surface area contributed by atoms with E-state index in [2.05, 4.69) is 5.32 Å². The maximum atomic E-state index is 5.41. The van der Waals surface area contributed by atoms with Gasteiger partial charge in [-0.25, -0.2) is 0 Å². The minimum absolute atomic E-state index is 0.535. The monoisotopic (exact) mass is 225 g/mol. The third kappa shape index (κ3) is 3.74. The molecule has 0 spiro atoms. The fraction of sp³-hybridized carbons (Fsp3) is 1.00. The van der Waals surface area contributed by atoms with Gasteiger partial charge in [0.05, 0.1) is 6.10 Å². The Bertz CT molecular complexity index is 181. The first-order valence-corrected chi connectivity index (χ1v) is 7.14. The van der Waals surface area contributed by atoms with Crippen molar-refractivity contribution in [1.29, 1.82) is 0 Å². The number of rotatable bonds is 4. The maximum absolute atomic E-state index is 5.41. The number of methoxy groups -OCH3 is 1. The number of nitrogens with one attached hydrogen (secondary N) is 1. The summed E-state index contributed by atoms with van der Waals surface area (Å²) >= 11 is 0. The minimum Gasteiger partial charge on any atom is -0.381 e. The van der Waals surface area contributed by atoms with Gasteiger partial charge < -0.3 is 10.1 Å².